The molecule has 0 rings (SSSR count). The molecule has 10 heavy (non-hydrogen) atoms. The Bertz CT molecular complexity index is 49.7. The summed E-state index contributed by atoms with van der Waals surface area (Å²) in [5.41, 5.74) is 0. The summed E-state index contributed by atoms with van der Waals surface area (Å²) in [6, 6.07) is 0. The fraction of sp³-hybridized carbons (Fsp3) is 0. The monoisotopic (exact) mass is 320 g/mol. The fourth-order valence-corrected chi connectivity index (χ4v) is 0. The van der Waals surface area contributed by atoms with Crippen molar-refractivity contribution in [3.8, 4) is 0 Å². The van der Waals surface area contributed by atoms with E-state index >= 15 is 0 Å². The Balaban J connectivity index is -0.0000000257. The molecule has 0 aliphatic carbocycles. The first kappa shape index (κ1) is 22.7. The van der Waals surface area contributed by atoms with Crippen molar-refractivity contribution in [3.05, 3.63) is 0 Å². The molecule has 0 aliphatic rings. The van der Waals surface area contributed by atoms with Crippen molar-refractivity contribution in [2.24, 2.45) is 0 Å². The van der Waals surface area contributed by atoms with Gasteiger partial charge in [0.25, 0.3) is 0 Å². The Labute approximate surface area is 117 Å². The summed E-state index contributed by atoms with van der Waals surface area (Å²) in [5.74, 6) is 0. The molecule has 0 saturated carbocycles. The molecule has 0 fully saturated rings. The zero-order chi connectivity index (χ0) is 8.12. The van der Waals surface area contributed by atoms with Crippen LogP contribution < -0.4 is 0 Å². The Morgan fingerprint density at radius 2 is 0.700 bits per heavy atom. The molecule has 3 N–H and O–H groups in total. The van der Waals surface area contributed by atoms with E-state index in [1.807, 2.05) is 0 Å². The van der Waals surface area contributed by atoms with Crippen LogP contribution in [-0.4, -0.2) is 108 Å². The predicted molar refractivity (Wildman–Crippen MR) is 34.5 cm³/mol. The summed E-state index contributed by atoms with van der Waals surface area (Å²) < 4.78 is 47.0. The summed E-state index contributed by atoms with van der Waals surface area (Å²) in [6.45, 7) is 0. The third-order valence-electron chi connectivity index (χ3n) is 0. The van der Waals surface area contributed by atoms with E-state index in [-0.39, 0.29) is 48.9 Å². The molecule has 0 spiro atoms. The van der Waals surface area contributed by atoms with Gasteiger partial charge < -0.3 is 0 Å². The molecule has 0 saturated heterocycles. The number of hydrogen-bond donors (Lipinski definition) is 3. The van der Waals surface area contributed by atoms with Crippen LogP contribution >= 0.6 is 0 Å². The van der Waals surface area contributed by atoms with Crippen molar-refractivity contribution >= 4 is 95.3 Å². The molecule has 52 valence electrons. The first-order chi connectivity index (χ1) is 4.24. The first-order valence-corrected chi connectivity index (χ1v) is 4.45. The zero-order valence-electron chi connectivity index (χ0n) is 4.30. The molecule has 0 atom stereocenters. The van der Waals surface area contributed by atoms with Crippen LogP contribution in [0, 0.1) is 0 Å². The van der Waals surface area contributed by atoms with E-state index in [9.17, 15) is 0 Å². The second-order valence-electron chi connectivity index (χ2n) is 0.316. The molecule has 0 aromatic heterocycles. The third-order valence-corrected chi connectivity index (χ3v) is 0. The number of hydrogen-bond acceptors (Lipinski definition) is 3. The number of rotatable bonds is 0. The van der Waals surface area contributed by atoms with Gasteiger partial charge in [-0.2, -0.15) is 0 Å². The minimum atomic E-state index is -1.50. The van der Waals surface area contributed by atoms with Gasteiger partial charge in [0.1, 0.15) is 0 Å². The zero-order valence-corrected chi connectivity index (χ0v) is 7.76. The van der Waals surface area contributed by atoms with Crippen molar-refractivity contribution in [1.82, 2.24) is 0 Å². The van der Waals surface area contributed by atoms with Gasteiger partial charge >= 0.3 is 119 Å². The van der Waals surface area contributed by atoms with Gasteiger partial charge in [-0.05, 0) is 0 Å². The van der Waals surface area contributed by atoms with Gasteiger partial charge in [-0.1, -0.05) is 0 Å². The topological polar surface area (TPSA) is 112 Å². The minimum absolute atomic E-state index is 0. The van der Waals surface area contributed by atoms with Gasteiger partial charge in [-0.15, -0.1) is 0 Å². The van der Waals surface area contributed by atoms with Crippen LogP contribution in [0.5, 0.6) is 0 Å². The van der Waals surface area contributed by atoms with E-state index in [0.717, 1.165) is 0 Å². The molecular formula is H5Al3BaO6. The molecule has 6 nitrogen and oxygen atoms in total. The van der Waals surface area contributed by atoms with Gasteiger partial charge in [0.15, 0.2) is 0 Å². The maximum absolute atomic E-state index is 8.57. The summed E-state index contributed by atoms with van der Waals surface area (Å²) in [4.78, 5) is 0. The molecule has 0 aromatic carbocycles. The van der Waals surface area contributed by atoms with E-state index in [1.54, 1.807) is 0 Å². The molecular weight excluding hydrogens is 314 g/mol. The Morgan fingerprint density at radius 1 is 0.700 bits per heavy atom. The van der Waals surface area contributed by atoms with Crippen molar-refractivity contribution < 1.29 is 23.9 Å². The van der Waals surface area contributed by atoms with Crippen molar-refractivity contribution in [2.75, 3.05) is 0 Å². The molecule has 0 aromatic rings. The summed E-state index contributed by atoms with van der Waals surface area (Å²) in [5, 5.41) is 0. The van der Waals surface area contributed by atoms with Crippen LogP contribution in [0.4, 0.5) is 0 Å². The van der Waals surface area contributed by atoms with E-state index in [4.69, 9.17) is 23.9 Å². The van der Waals surface area contributed by atoms with Crippen LogP contribution in [0.3, 0.4) is 0 Å². The standard InChI is InChI=1S/3Al.Ba.3H2O.3O.2H/h;;;;3*1H2;;;;;/q3*+1;;;;;;;;;/p-3. The molecule has 0 unspecified atom stereocenters. The van der Waals surface area contributed by atoms with Crippen molar-refractivity contribution in [3.63, 3.8) is 0 Å². The van der Waals surface area contributed by atoms with Crippen molar-refractivity contribution in [1.29, 1.82) is 0 Å². The normalized spacial score (nSPS) is 2.40. The van der Waals surface area contributed by atoms with Crippen LogP contribution in [-0.2, 0) is 11.4 Å². The van der Waals surface area contributed by atoms with E-state index in [2.05, 4.69) is 0 Å². The average Bonchev–Trinajstić information content (AvgIpc) is 1.70. The van der Waals surface area contributed by atoms with Gasteiger partial charge in [-0.25, -0.2) is 0 Å². The van der Waals surface area contributed by atoms with Gasteiger partial charge in [0.05, 0.1) is 0 Å². The second-order valence-corrected chi connectivity index (χ2v) is 0.949. The summed E-state index contributed by atoms with van der Waals surface area (Å²) in [6.07, 6.45) is 0. The van der Waals surface area contributed by atoms with Gasteiger partial charge in [0.2, 0.25) is 0 Å². The maximum atomic E-state index is 8.57. The van der Waals surface area contributed by atoms with Gasteiger partial charge in [0, 0.05) is 0 Å². The van der Waals surface area contributed by atoms with Crippen LogP contribution in [0.2, 0.25) is 0 Å². The van der Waals surface area contributed by atoms with Crippen LogP contribution in [0.15, 0.2) is 0 Å². The molecule has 0 bridgehead atoms. The summed E-state index contributed by atoms with van der Waals surface area (Å²) in [7, 11) is 0. The Hall–Kier alpha value is 1.97. The fourth-order valence-electron chi connectivity index (χ4n) is 0. The summed E-state index contributed by atoms with van der Waals surface area (Å²) >= 11 is -4.50. The first-order valence-electron chi connectivity index (χ1n) is 1.48. The third kappa shape index (κ3) is 207. The van der Waals surface area contributed by atoms with E-state index in [0.29, 0.717) is 0 Å². The SMILES string of the molecule is [BaH2].[O]=[Al][OH].[O]=[Al][OH].[O]=[Al][OH]. The second kappa shape index (κ2) is 44.2. The molecule has 10 heteroatoms. The average molecular weight is 319 g/mol. The van der Waals surface area contributed by atoms with E-state index < -0.39 is 46.5 Å². The van der Waals surface area contributed by atoms with Crippen LogP contribution in [0.25, 0.3) is 0 Å². The Kier molecular flexibility index (Phi) is 100. The quantitative estimate of drug-likeness (QED) is 0.392. The van der Waals surface area contributed by atoms with Crippen molar-refractivity contribution in [2.45, 2.75) is 0 Å². The molecule has 0 heterocycles. The van der Waals surface area contributed by atoms with Gasteiger partial charge in [-0.3, -0.25) is 0 Å². The van der Waals surface area contributed by atoms with E-state index in [1.165, 1.54) is 0 Å². The predicted octanol–water partition coefficient (Wildman–Crippen LogP) is -4.09. The molecule has 0 amide bonds. The molecule has 0 radical (unpaired) electrons. The Morgan fingerprint density at radius 3 is 0.700 bits per heavy atom. The van der Waals surface area contributed by atoms with Crippen LogP contribution in [0.1, 0.15) is 0 Å². The molecule has 0 aliphatic heterocycles.